The molecule has 3 aromatic carbocycles. The van der Waals surface area contributed by atoms with Crippen LogP contribution in [0.25, 0.3) is 10.9 Å². The van der Waals surface area contributed by atoms with Gasteiger partial charge in [-0.1, -0.05) is 35.9 Å². The number of para-hydroxylation sites is 2. The zero-order chi connectivity index (χ0) is 23.4. The lowest BCUT2D eigenvalue weighted by atomic mass is 10.2. The lowest BCUT2D eigenvalue weighted by Gasteiger charge is -2.09. The Morgan fingerprint density at radius 1 is 1.12 bits per heavy atom. The quantitative estimate of drug-likeness (QED) is 0.425. The minimum Gasteiger partial charge on any atom is -0.482 e. The first-order valence-electron chi connectivity index (χ1n) is 9.67. The third-order valence-electron chi connectivity index (χ3n) is 4.57. The van der Waals surface area contributed by atoms with Crippen LogP contribution in [0.2, 0.25) is 5.02 Å². The fourth-order valence-electron chi connectivity index (χ4n) is 2.99. The van der Waals surface area contributed by atoms with Gasteiger partial charge in [0.2, 0.25) is 0 Å². The van der Waals surface area contributed by atoms with E-state index in [2.05, 4.69) is 15.4 Å². The van der Waals surface area contributed by atoms with Gasteiger partial charge in [-0.25, -0.2) is 9.18 Å². The number of hydrogen-bond acceptors (Lipinski definition) is 5. The Morgan fingerprint density at radius 3 is 2.67 bits per heavy atom. The van der Waals surface area contributed by atoms with Crippen molar-refractivity contribution in [3.8, 4) is 5.75 Å². The second-order valence-electron chi connectivity index (χ2n) is 6.84. The average Bonchev–Trinajstić information content (AvgIpc) is 2.80. The third kappa shape index (κ3) is 4.99. The molecule has 1 amide bonds. The molecule has 33 heavy (non-hydrogen) atoms. The summed E-state index contributed by atoms with van der Waals surface area (Å²) < 4.78 is 19.7. The minimum atomic E-state index is -0.679. The zero-order valence-corrected chi connectivity index (χ0v) is 17.7. The SMILES string of the molecule is O=C(COc1ccc(C=Nn2c(=O)[nH]c3ccccc3c2=O)cc1Cl)Nc1ccccc1F. The van der Waals surface area contributed by atoms with Gasteiger partial charge in [-0.05, 0) is 48.0 Å². The average molecular weight is 467 g/mol. The normalized spacial score (nSPS) is 11.1. The van der Waals surface area contributed by atoms with Gasteiger partial charge in [-0.15, -0.1) is 4.68 Å². The summed E-state index contributed by atoms with van der Waals surface area (Å²) in [6, 6.07) is 17.0. The number of carbonyl (C=O) groups is 1. The number of H-pyrrole nitrogens is 1. The Labute approximate surface area is 190 Å². The Bertz CT molecular complexity index is 1500. The molecule has 0 bridgehead atoms. The van der Waals surface area contributed by atoms with Gasteiger partial charge < -0.3 is 15.0 Å². The molecule has 0 saturated heterocycles. The van der Waals surface area contributed by atoms with Crippen molar-refractivity contribution in [1.82, 2.24) is 9.66 Å². The largest absolute Gasteiger partial charge is 0.482 e. The number of ether oxygens (including phenoxy) is 1. The van der Waals surface area contributed by atoms with E-state index in [9.17, 15) is 18.8 Å². The summed E-state index contributed by atoms with van der Waals surface area (Å²) in [5.74, 6) is -0.896. The molecule has 0 spiro atoms. The van der Waals surface area contributed by atoms with Crippen molar-refractivity contribution in [3.63, 3.8) is 0 Å². The van der Waals surface area contributed by atoms with Crippen LogP contribution in [0.15, 0.2) is 81.4 Å². The summed E-state index contributed by atoms with van der Waals surface area (Å²) in [6.45, 7) is -0.386. The molecule has 10 heteroatoms. The van der Waals surface area contributed by atoms with E-state index < -0.39 is 23.0 Å². The Morgan fingerprint density at radius 2 is 1.88 bits per heavy atom. The van der Waals surface area contributed by atoms with Gasteiger partial charge in [-0.2, -0.15) is 5.10 Å². The molecule has 0 aliphatic carbocycles. The molecule has 0 aliphatic heterocycles. The topological polar surface area (TPSA) is 106 Å². The van der Waals surface area contributed by atoms with E-state index in [0.29, 0.717) is 21.1 Å². The van der Waals surface area contributed by atoms with Gasteiger partial charge >= 0.3 is 5.69 Å². The number of halogens is 2. The number of aromatic amines is 1. The van der Waals surface area contributed by atoms with Gasteiger partial charge in [-0.3, -0.25) is 9.59 Å². The highest BCUT2D eigenvalue weighted by atomic mass is 35.5. The molecule has 2 N–H and O–H groups in total. The fourth-order valence-corrected chi connectivity index (χ4v) is 3.23. The molecule has 8 nitrogen and oxygen atoms in total. The number of amides is 1. The van der Waals surface area contributed by atoms with Crippen molar-refractivity contribution in [2.45, 2.75) is 0 Å². The maximum Gasteiger partial charge on any atom is 0.349 e. The molecule has 0 fully saturated rings. The van der Waals surface area contributed by atoms with Crippen LogP contribution in [-0.4, -0.2) is 28.4 Å². The monoisotopic (exact) mass is 466 g/mol. The Kier molecular flexibility index (Phi) is 6.32. The summed E-state index contributed by atoms with van der Waals surface area (Å²) in [6.07, 6.45) is 1.30. The van der Waals surface area contributed by atoms with E-state index >= 15 is 0 Å². The molecular formula is C23H16ClFN4O4. The molecule has 166 valence electrons. The fraction of sp³-hybridized carbons (Fsp3) is 0.0435. The second kappa shape index (κ2) is 9.49. The summed E-state index contributed by atoms with van der Waals surface area (Å²) >= 11 is 6.21. The van der Waals surface area contributed by atoms with Gasteiger partial charge in [0.15, 0.2) is 6.61 Å². The van der Waals surface area contributed by atoms with E-state index in [-0.39, 0.29) is 23.1 Å². The van der Waals surface area contributed by atoms with Crippen molar-refractivity contribution < 1.29 is 13.9 Å². The molecule has 4 rings (SSSR count). The van der Waals surface area contributed by atoms with Crippen LogP contribution in [0.1, 0.15) is 5.56 Å². The summed E-state index contributed by atoms with van der Waals surface area (Å²) in [5.41, 5.74) is -0.285. The number of fused-ring (bicyclic) bond motifs is 1. The second-order valence-corrected chi connectivity index (χ2v) is 7.25. The van der Waals surface area contributed by atoms with Crippen LogP contribution in [-0.2, 0) is 4.79 Å². The molecule has 0 unspecified atom stereocenters. The van der Waals surface area contributed by atoms with Crippen LogP contribution in [0.4, 0.5) is 10.1 Å². The number of anilines is 1. The molecular weight excluding hydrogens is 451 g/mol. The summed E-state index contributed by atoms with van der Waals surface area (Å²) in [4.78, 5) is 39.3. The predicted molar refractivity (Wildman–Crippen MR) is 124 cm³/mol. The highest BCUT2D eigenvalue weighted by molar-refractivity contribution is 6.32. The molecule has 0 aliphatic rings. The number of benzene rings is 3. The van der Waals surface area contributed by atoms with Crippen LogP contribution in [0.3, 0.4) is 0 Å². The molecule has 0 atom stereocenters. The van der Waals surface area contributed by atoms with E-state index in [1.54, 1.807) is 36.4 Å². The van der Waals surface area contributed by atoms with E-state index in [1.165, 1.54) is 36.5 Å². The number of aromatic nitrogens is 2. The van der Waals surface area contributed by atoms with Gasteiger partial charge in [0.25, 0.3) is 11.5 Å². The van der Waals surface area contributed by atoms with Crippen molar-refractivity contribution in [2.24, 2.45) is 5.10 Å². The first-order valence-corrected chi connectivity index (χ1v) is 10.1. The summed E-state index contributed by atoms with van der Waals surface area (Å²) in [5, 5.41) is 6.87. The lowest BCUT2D eigenvalue weighted by Crippen LogP contribution is -2.32. The van der Waals surface area contributed by atoms with Crippen LogP contribution in [0.5, 0.6) is 5.75 Å². The van der Waals surface area contributed by atoms with Gasteiger partial charge in [0.05, 0.1) is 27.8 Å². The maximum absolute atomic E-state index is 13.6. The van der Waals surface area contributed by atoms with Gasteiger partial charge in [0, 0.05) is 0 Å². The van der Waals surface area contributed by atoms with Crippen molar-refractivity contribution in [1.29, 1.82) is 0 Å². The number of hydrogen-bond donors (Lipinski definition) is 2. The minimum absolute atomic E-state index is 0.0441. The number of carbonyl (C=O) groups excluding carboxylic acids is 1. The highest BCUT2D eigenvalue weighted by Gasteiger charge is 2.10. The smallest absolute Gasteiger partial charge is 0.349 e. The molecule has 0 saturated carbocycles. The Hall–Kier alpha value is -4.24. The highest BCUT2D eigenvalue weighted by Crippen LogP contribution is 2.25. The number of rotatable bonds is 6. The van der Waals surface area contributed by atoms with Crippen molar-refractivity contribution in [3.05, 3.63) is 104 Å². The third-order valence-corrected chi connectivity index (χ3v) is 4.86. The molecule has 0 radical (unpaired) electrons. The number of nitrogens with one attached hydrogen (secondary N) is 2. The zero-order valence-electron chi connectivity index (χ0n) is 16.9. The lowest BCUT2D eigenvalue weighted by molar-refractivity contribution is -0.118. The first kappa shape index (κ1) is 22.0. The van der Waals surface area contributed by atoms with Crippen LogP contribution in [0, 0.1) is 5.82 Å². The van der Waals surface area contributed by atoms with Gasteiger partial charge in [0.1, 0.15) is 11.6 Å². The standard InChI is InChI=1S/C23H16ClFN4O4/c24-16-11-14(12-26-29-22(31)15-5-1-3-7-18(15)28-23(29)32)9-10-20(16)33-13-21(30)27-19-8-4-2-6-17(19)25/h1-12H,13H2,(H,27,30)(H,28,32). The van der Waals surface area contributed by atoms with E-state index in [4.69, 9.17) is 16.3 Å². The van der Waals surface area contributed by atoms with Crippen molar-refractivity contribution >= 4 is 40.3 Å². The van der Waals surface area contributed by atoms with E-state index in [1.807, 2.05) is 0 Å². The molecule has 1 aromatic heterocycles. The maximum atomic E-state index is 13.6. The molecule has 4 aromatic rings. The van der Waals surface area contributed by atoms with Crippen LogP contribution >= 0.6 is 11.6 Å². The Balaban J connectivity index is 1.46. The van der Waals surface area contributed by atoms with Crippen LogP contribution < -0.4 is 21.3 Å². The molecule has 1 heterocycles. The predicted octanol–water partition coefficient (Wildman–Crippen LogP) is 3.38. The summed E-state index contributed by atoms with van der Waals surface area (Å²) in [7, 11) is 0. The number of nitrogens with zero attached hydrogens (tertiary/aromatic N) is 2. The van der Waals surface area contributed by atoms with E-state index in [0.717, 1.165) is 0 Å². The first-order chi connectivity index (χ1) is 15.9. The van der Waals surface area contributed by atoms with Crippen molar-refractivity contribution in [2.75, 3.05) is 11.9 Å².